The number of hydrogen-bond donors (Lipinski definition) is 1. The Bertz CT molecular complexity index is 832. The Morgan fingerprint density at radius 1 is 1.19 bits per heavy atom. The zero-order valence-electron chi connectivity index (χ0n) is 12.2. The number of nitrogens with zero attached hydrogens (tertiary/aromatic N) is 1. The van der Waals surface area contributed by atoms with Crippen molar-refractivity contribution in [3.8, 4) is 5.75 Å². The molecule has 3 nitrogen and oxygen atoms in total. The van der Waals surface area contributed by atoms with Crippen LogP contribution in [0.15, 0.2) is 42.5 Å². The van der Waals surface area contributed by atoms with Gasteiger partial charge in [0.2, 0.25) is 0 Å². The summed E-state index contributed by atoms with van der Waals surface area (Å²) in [5.74, 6) is 0.838. The molecular formula is C17H18N2OS. The Morgan fingerprint density at radius 2 is 2.05 bits per heavy atom. The van der Waals surface area contributed by atoms with E-state index in [9.17, 15) is 0 Å². The molecule has 1 heterocycles. The molecule has 4 heteroatoms. The minimum Gasteiger partial charge on any atom is -0.497 e. The van der Waals surface area contributed by atoms with Gasteiger partial charge < -0.3 is 14.3 Å². The summed E-state index contributed by atoms with van der Waals surface area (Å²) in [6.45, 7) is 2.99. The third-order valence-electron chi connectivity index (χ3n) is 3.69. The third-order valence-corrected chi connectivity index (χ3v) is 4.01. The SMILES string of the molecule is COc1ccc2c(c1)[nH]c(=S)n2CCc1cccc(C)c1. The van der Waals surface area contributed by atoms with Crippen molar-refractivity contribution < 1.29 is 4.74 Å². The number of aromatic nitrogens is 2. The van der Waals surface area contributed by atoms with Crippen molar-refractivity contribution in [2.75, 3.05) is 7.11 Å². The van der Waals surface area contributed by atoms with Crippen molar-refractivity contribution >= 4 is 23.3 Å². The average molecular weight is 298 g/mol. The lowest BCUT2D eigenvalue weighted by Gasteiger charge is -2.06. The molecule has 1 N–H and O–H groups in total. The highest BCUT2D eigenvalue weighted by Crippen LogP contribution is 2.21. The molecule has 0 saturated heterocycles. The monoisotopic (exact) mass is 298 g/mol. The van der Waals surface area contributed by atoms with E-state index in [4.69, 9.17) is 17.0 Å². The molecule has 0 bridgehead atoms. The smallest absolute Gasteiger partial charge is 0.178 e. The molecule has 0 aliphatic rings. The summed E-state index contributed by atoms with van der Waals surface area (Å²) < 4.78 is 8.15. The Labute approximate surface area is 129 Å². The molecule has 0 radical (unpaired) electrons. The van der Waals surface area contributed by atoms with Crippen LogP contribution >= 0.6 is 12.2 Å². The average Bonchev–Trinajstić information content (AvgIpc) is 2.79. The van der Waals surface area contributed by atoms with Gasteiger partial charge in [0.25, 0.3) is 0 Å². The first-order chi connectivity index (χ1) is 10.2. The van der Waals surface area contributed by atoms with Gasteiger partial charge in [-0.3, -0.25) is 0 Å². The molecule has 0 aliphatic carbocycles. The van der Waals surface area contributed by atoms with Gasteiger partial charge in [0.15, 0.2) is 4.77 Å². The third kappa shape index (κ3) is 2.85. The second-order valence-electron chi connectivity index (χ2n) is 5.20. The fourth-order valence-corrected chi connectivity index (χ4v) is 2.90. The van der Waals surface area contributed by atoms with Crippen LogP contribution in [-0.2, 0) is 13.0 Å². The predicted molar refractivity (Wildman–Crippen MR) is 88.6 cm³/mol. The normalized spacial score (nSPS) is 11.0. The van der Waals surface area contributed by atoms with Gasteiger partial charge in [-0.1, -0.05) is 29.8 Å². The number of aryl methyl sites for hydroxylation is 3. The minimum absolute atomic E-state index is 0.755. The van der Waals surface area contributed by atoms with Gasteiger partial charge in [-0.15, -0.1) is 0 Å². The molecule has 0 spiro atoms. The summed E-state index contributed by atoms with van der Waals surface area (Å²) in [6, 6.07) is 14.6. The molecule has 0 amide bonds. The lowest BCUT2D eigenvalue weighted by molar-refractivity contribution is 0.415. The number of methoxy groups -OCH3 is 1. The number of H-pyrrole nitrogens is 1. The van der Waals surface area contributed by atoms with Gasteiger partial charge in [0.05, 0.1) is 18.1 Å². The topological polar surface area (TPSA) is 29.9 Å². The first-order valence-electron chi connectivity index (χ1n) is 6.99. The van der Waals surface area contributed by atoms with Gasteiger partial charge in [-0.05, 0) is 43.3 Å². The lowest BCUT2D eigenvalue weighted by atomic mass is 10.1. The highest BCUT2D eigenvalue weighted by molar-refractivity contribution is 7.71. The number of ether oxygens (including phenoxy) is 1. The largest absolute Gasteiger partial charge is 0.497 e. The number of imidazole rings is 1. The van der Waals surface area contributed by atoms with Crippen molar-refractivity contribution in [3.05, 3.63) is 58.4 Å². The molecule has 21 heavy (non-hydrogen) atoms. The first kappa shape index (κ1) is 13.9. The van der Waals surface area contributed by atoms with Crippen LogP contribution < -0.4 is 4.74 Å². The van der Waals surface area contributed by atoms with Gasteiger partial charge in [0, 0.05) is 12.6 Å². The molecule has 3 rings (SSSR count). The first-order valence-corrected chi connectivity index (χ1v) is 7.40. The van der Waals surface area contributed by atoms with Crippen LogP contribution in [0.4, 0.5) is 0 Å². The Kier molecular flexibility index (Phi) is 3.80. The van der Waals surface area contributed by atoms with Gasteiger partial charge in [-0.2, -0.15) is 0 Å². The number of benzene rings is 2. The van der Waals surface area contributed by atoms with Crippen molar-refractivity contribution in [1.29, 1.82) is 0 Å². The molecule has 3 aromatic rings. The van der Waals surface area contributed by atoms with E-state index in [0.717, 1.165) is 34.5 Å². The Hall–Kier alpha value is -2.07. The van der Waals surface area contributed by atoms with Crippen molar-refractivity contribution in [2.24, 2.45) is 0 Å². The standard InChI is InChI=1S/C17H18N2OS/c1-12-4-3-5-13(10-12)8-9-19-16-7-6-14(20-2)11-15(16)18-17(19)21/h3-7,10-11H,8-9H2,1-2H3,(H,18,21). The van der Waals surface area contributed by atoms with Crippen LogP contribution in [0.2, 0.25) is 0 Å². The Balaban J connectivity index is 1.90. The summed E-state index contributed by atoms with van der Waals surface area (Å²) in [5.41, 5.74) is 4.76. The van der Waals surface area contributed by atoms with Crippen LogP contribution in [-0.4, -0.2) is 16.7 Å². The van der Waals surface area contributed by atoms with Crippen LogP contribution in [0.3, 0.4) is 0 Å². The van der Waals surface area contributed by atoms with E-state index in [0.29, 0.717) is 0 Å². The van der Waals surface area contributed by atoms with Crippen molar-refractivity contribution in [1.82, 2.24) is 9.55 Å². The fraction of sp³-hybridized carbons (Fsp3) is 0.235. The highest BCUT2D eigenvalue weighted by Gasteiger charge is 2.06. The summed E-state index contributed by atoms with van der Waals surface area (Å²) >= 11 is 5.44. The predicted octanol–water partition coefficient (Wildman–Crippen LogP) is 4.26. The van der Waals surface area contributed by atoms with Crippen molar-refractivity contribution in [2.45, 2.75) is 19.9 Å². The lowest BCUT2D eigenvalue weighted by Crippen LogP contribution is -2.01. The number of rotatable bonds is 4. The maximum atomic E-state index is 5.44. The van der Waals surface area contributed by atoms with E-state index < -0.39 is 0 Å². The summed E-state index contributed by atoms with van der Waals surface area (Å²) in [4.78, 5) is 3.25. The number of hydrogen-bond acceptors (Lipinski definition) is 2. The number of nitrogens with one attached hydrogen (secondary N) is 1. The molecule has 108 valence electrons. The minimum atomic E-state index is 0.755. The molecule has 0 aliphatic heterocycles. The molecule has 0 saturated carbocycles. The second kappa shape index (κ2) is 5.74. The molecule has 0 atom stereocenters. The van der Waals surface area contributed by atoms with E-state index in [1.807, 2.05) is 12.1 Å². The molecule has 0 fully saturated rings. The maximum Gasteiger partial charge on any atom is 0.178 e. The van der Waals surface area contributed by atoms with Gasteiger partial charge in [-0.25, -0.2) is 0 Å². The summed E-state index contributed by atoms with van der Waals surface area (Å²) in [7, 11) is 1.67. The van der Waals surface area contributed by atoms with E-state index in [2.05, 4.69) is 46.8 Å². The fourth-order valence-electron chi connectivity index (χ4n) is 2.60. The number of fused-ring (bicyclic) bond motifs is 1. The van der Waals surface area contributed by atoms with E-state index in [1.165, 1.54) is 11.1 Å². The van der Waals surface area contributed by atoms with Crippen LogP contribution in [0.5, 0.6) is 5.75 Å². The van der Waals surface area contributed by atoms with Crippen molar-refractivity contribution in [3.63, 3.8) is 0 Å². The van der Waals surface area contributed by atoms with E-state index >= 15 is 0 Å². The molecule has 0 unspecified atom stereocenters. The molecular weight excluding hydrogens is 280 g/mol. The Morgan fingerprint density at radius 3 is 2.81 bits per heavy atom. The summed E-state index contributed by atoms with van der Waals surface area (Å²) in [5, 5.41) is 0. The van der Waals surface area contributed by atoms with E-state index in [-0.39, 0.29) is 0 Å². The molecule has 1 aromatic heterocycles. The highest BCUT2D eigenvalue weighted by atomic mass is 32.1. The van der Waals surface area contributed by atoms with Crippen LogP contribution in [0.1, 0.15) is 11.1 Å². The second-order valence-corrected chi connectivity index (χ2v) is 5.59. The summed E-state index contributed by atoms with van der Waals surface area (Å²) in [6.07, 6.45) is 0.967. The van der Waals surface area contributed by atoms with Crippen LogP contribution in [0, 0.1) is 11.7 Å². The van der Waals surface area contributed by atoms with Gasteiger partial charge >= 0.3 is 0 Å². The quantitative estimate of drug-likeness (QED) is 0.729. The number of aromatic amines is 1. The zero-order chi connectivity index (χ0) is 14.8. The van der Waals surface area contributed by atoms with Crippen LogP contribution in [0.25, 0.3) is 11.0 Å². The van der Waals surface area contributed by atoms with E-state index in [1.54, 1.807) is 7.11 Å². The molecule has 2 aromatic carbocycles. The van der Waals surface area contributed by atoms with Gasteiger partial charge in [0.1, 0.15) is 5.75 Å². The maximum absolute atomic E-state index is 5.44. The zero-order valence-corrected chi connectivity index (χ0v) is 13.0.